The minimum atomic E-state index is -0.838. The topological polar surface area (TPSA) is 46.5 Å². The number of rotatable bonds is 5. The fourth-order valence-electron chi connectivity index (χ4n) is 1.70. The van der Waals surface area contributed by atoms with Crippen LogP contribution in [-0.2, 0) is 17.6 Å². The largest absolute Gasteiger partial charge is 0.496 e. The number of carboxylic acid groups (broad SMARTS) is 1. The summed E-state index contributed by atoms with van der Waals surface area (Å²) in [6.45, 7) is 4.30. The van der Waals surface area contributed by atoms with E-state index >= 15 is 0 Å². The van der Waals surface area contributed by atoms with Gasteiger partial charge in [-0.15, -0.1) is 0 Å². The van der Waals surface area contributed by atoms with Gasteiger partial charge in [0.2, 0.25) is 0 Å². The molecule has 0 heterocycles. The van der Waals surface area contributed by atoms with Gasteiger partial charge in [0.25, 0.3) is 0 Å². The molecule has 16 heavy (non-hydrogen) atoms. The second-order valence-electron chi connectivity index (χ2n) is 4.31. The van der Waals surface area contributed by atoms with Gasteiger partial charge in [-0.25, -0.2) is 0 Å². The second-order valence-corrected chi connectivity index (χ2v) is 4.31. The maximum absolute atomic E-state index is 10.6. The van der Waals surface area contributed by atoms with Gasteiger partial charge in [-0.1, -0.05) is 26.0 Å². The third-order valence-corrected chi connectivity index (χ3v) is 2.34. The average Bonchev–Trinajstić information content (AvgIpc) is 2.18. The molecule has 0 aromatic heterocycles. The summed E-state index contributed by atoms with van der Waals surface area (Å²) in [6.07, 6.45) is 0.981. The van der Waals surface area contributed by atoms with Crippen molar-refractivity contribution in [1.82, 2.24) is 0 Å². The van der Waals surface area contributed by atoms with Crippen LogP contribution in [0.25, 0.3) is 0 Å². The molecule has 0 fully saturated rings. The highest BCUT2D eigenvalue weighted by Gasteiger charge is 2.08. The van der Waals surface area contributed by atoms with Crippen molar-refractivity contribution < 1.29 is 14.6 Å². The van der Waals surface area contributed by atoms with Gasteiger partial charge in [-0.2, -0.15) is 0 Å². The Morgan fingerprint density at radius 2 is 2.12 bits per heavy atom. The van der Waals surface area contributed by atoms with E-state index in [1.165, 1.54) is 5.56 Å². The average molecular weight is 222 g/mol. The molecule has 0 aliphatic carbocycles. The zero-order valence-corrected chi connectivity index (χ0v) is 9.99. The maximum atomic E-state index is 10.6. The van der Waals surface area contributed by atoms with Crippen LogP contribution in [0.3, 0.4) is 0 Å². The molecule has 1 N–H and O–H groups in total. The van der Waals surface area contributed by atoms with Crippen molar-refractivity contribution in [2.75, 3.05) is 7.11 Å². The number of ether oxygens (including phenoxy) is 1. The van der Waals surface area contributed by atoms with Crippen molar-refractivity contribution in [3.63, 3.8) is 0 Å². The van der Waals surface area contributed by atoms with Crippen LogP contribution in [0.15, 0.2) is 18.2 Å². The van der Waals surface area contributed by atoms with Gasteiger partial charge in [0.1, 0.15) is 5.75 Å². The van der Waals surface area contributed by atoms with E-state index in [4.69, 9.17) is 9.84 Å². The molecule has 0 unspecified atom stereocenters. The molecular formula is C13H18O3. The maximum Gasteiger partial charge on any atom is 0.307 e. The number of hydrogen-bond acceptors (Lipinski definition) is 2. The molecule has 0 radical (unpaired) electrons. The summed E-state index contributed by atoms with van der Waals surface area (Å²) < 4.78 is 5.21. The van der Waals surface area contributed by atoms with Crippen LogP contribution in [0.4, 0.5) is 0 Å². The van der Waals surface area contributed by atoms with Gasteiger partial charge in [0, 0.05) is 5.56 Å². The molecule has 0 saturated carbocycles. The van der Waals surface area contributed by atoms with Crippen LogP contribution < -0.4 is 4.74 Å². The van der Waals surface area contributed by atoms with Crippen LogP contribution in [0.1, 0.15) is 25.0 Å². The Bertz CT molecular complexity index is 369. The first-order valence-corrected chi connectivity index (χ1v) is 5.40. The molecule has 1 rings (SSSR count). The lowest BCUT2D eigenvalue weighted by Gasteiger charge is -2.10. The number of methoxy groups -OCH3 is 1. The SMILES string of the molecule is COc1cc(CC(C)C)ccc1CC(=O)O. The predicted molar refractivity (Wildman–Crippen MR) is 62.9 cm³/mol. The Labute approximate surface area is 96.1 Å². The van der Waals surface area contributed by atoms with E-state index in [-0.39, 0.29) is 6.42 Å². The highest BCUT2D eigenvalue weighted by atomic mass is 16.5. The van der Waals surface area contributed by atoms with Crippen molar-refractivity contribution in [1.29, 1.82) is 0 Å². The van der Waals surface area contributed by atoms with Crippen molar-refractivity contribution in [3.8, 4) is 5.75 Å². The molecule has 88 valence electrons. The van der Waals surface area contributed by atoms with E-state index in [0.717, 1.165) is 12.0 Å². The highest BCUT2D eigenvalue weighted by molar-refractivity contribution is 5.71. The minimum absolute atomic E-state index is 0.00509. The normalized spacial score (nSPS) is 10.5. The summed E-state index contributed by atoms with van der Waals surface area (Å²) >= 11 is 0. The third kappa shape index (κ3) is 3.57. The van der Waals surface area contributed by atoms with E-state index < -0.39 is 5.97 Å². The van der Waals surface area contributed by atoms with Crippen molar-refractivity contribution >= 4 is 5.97 Å². The molecule has 0 bridgehead atoms. The predicted octanol–water partition coefficient (Wildman–Crippen LogP) is 2.52. The number of carboxylic acids is 1. The smallest absolute Gasteiger partial charge is 0.307 e. The van der Waals surface area contributed by atoms with Crippen LogP contribution in [-0.4, -0.2) is 18.2 Å². The number of carbonyl (C=O) groups is 1. The van der Waals surface area contributed by atoms with E-state index in [1.807, 2.05) is 18.2 Å². The van der Waals surface area contributed by atoms with Crippen LogP contribution in [0.5, 0.6) is 5.75 Å². The summed E-state index contributed by atoms with van der Waals surface area (Å²) in [7, 11) is 1.57. The Morgan fingerprint density at radius 1 is 1.44 bits per heavy atom. The molecule has 0 saturated heterocycles. The molecule has 0 amide bonds. The highest BCUT2D eigenvalue weighted by Crippen LogP contribution is 2.22. The summed E-state index contributed by atoms with van der Waals surface area (Å²) in [5.41, 5.74) is 1.91. The van der Waals surface area contributed by atoms with Crippen LogP contribution in [0, 0.1) is 5.92 Å². The summed E-state index contributed by atoms with van der Waals surface area (Å²) in [5, 5.41) is 8.75. The molecule has 0 aliphatic heterocycles. The van der Waals surface area contributed by atoms with Gasteiger partial charge in [0.05, 0.1) is 13.5 Å². The molecule has 1 aromatic rings. The van der Waals surface area contributed by atoms with Gasteiger partial charge >= 0.3 is 5.97 Å². The minimum Gasteiger partial charge on any atom is -0.496 e. The fraction of sp³-hybridized carbons (Fsp3) is 0.462. The lowest BCUT2D eigenvalue weighted by Crippen LogP contribution is -2.03. The Balaban J connectivity index is 2.92. The summed E-state index contributed by atoms with van der Waals surface area (Å²) in [5.74, 6) is 0.408. The number of benzene rings is 1. The van der Waals surface area contributed by atoms with Crippen LogP contribution >= 0.6 is 0 Å². The lowest BCUT2D eigenvalue weighted by atomic mass is 10.00. The van der Waals surface area contributed by atoms with Gasteiger partial charge in [0.15, 0.2) is 0 Å². The molecular weight excluding hydrogens is 204 g/mol. The molecule has 0 atom stereocenters. The van der Waals surface area contributed by atoms with Gasteiger partial charge < -0.3 is 9.84 Å². The number of hydrogen-bond donors (Lipinski definition) is 1. The van der Waals surface area contributed by atoms with Crippen molar-refractivity contribution in [3.05, 3.63) is 29.3 Å². The molecule has 0 aliphatic rings. The zero-order valence-electron chi connectivity index (χ0n) is 9.99. The second kappa shape index (κ2) is 5.54. The summed E-state index contributed by atoms with van der Waals surface area (Å²) in [4.78, 5) is 10.6. The van der Waals surface area contributed by atoms with Crippen LogP contribution in [0.2, 0.25) is 0 Å². The van der Waals surface area contributed by atoms with Crippen molar-refractivity contribution in [2.45, 2.75) is 26.7 Å². The van der Waals surface area contributed by atoms with E-state index in [9.17, 15) is 4.79 Å². The Morgan fingerprint density at radius 3 is 2.62 bits per heavy atom. The fourth-order valence-corrected chi connectivity index (χ4v) is 1.70. The van der Waals surface area contributed by atoms with E-state index in [1.54, 1.807) is 7.11 Å². The Hall–Kier alpha value is -1.51. The van der Waals surface area contributed by atoms with Crippen molar-refractivity contribution in [2.24, 2.45) is 5.92 Å². The monoisotopic (exact) mass is 222 g/mol. The lowest BCUT2D eigenvalue weighted by molar-refractivity contribution is -0.136. The number of aliphatic carboxylic acids is 1. The summed E-state index contributed by atoms with van der Waals surface area (Å²) in [6, 6.07) is 5.74. The first kappa shape index (κ1) is 12.6. The Kier molecular flexibility index (Phi) is 4.35. The standard InChI is InChI=1S/C13H18O3/c1-9(2)6-10-4-5-11(8-13(14)15)12(7-10)16-3/h4-5,7,9H,6,8H2,1-3H3,(H,14,15). The molecule has 1 aromatic carbocycles. The van der Waals surface area contributed by atoms with Gasteiger partial charge in [-0.05, 0) is 24.0 Å². The molecule has 0 spiro atoms. The van der Waals surface area contributed by atoms with Gasteiger partial charge in [-0.3, -0.25) is 4.79 Å². The molecule has 3 heteroatoms. The first-order valence-electron chi connectivity index (χ1n) is 5.40. The van der Waals surface area contributed by atoms with E-state index in [2.05, 4.69) is 13.8 Å². The zero-order chi connectivity index (χ0) is 12.1. The third-order valence-electron chi connectivity index (χ3n) is 2.34. The quantitative estimate of drug-likeness (QED) is 0.832. The van der Waals surface area contributed by atoms with E-state index in [0.29, 0.717) is 11.7 Å². The molecule has 3 nitrogen and oxygen atoms in total. The first-order chi connectivity index (χ1) is 7.52.